The van der Waals surface area contributed by atoms with Crippen molar-refractivity contribution >= 4 is 21.8 Å². The van der Waals surface area contributed by atoms with Crippen molar-refractivity contribution in [2.24, 2.45) is 0 Å². The SMILES string of the molecule is CC(c1cccc(F)c1)n1ncc2cc(Oc3nc(O)c4ccncc4n3)ccc21. The number of halogens is 1. The van der Waals surface area contributed by atoms with Gasteiger partial charge in [0.05, 0.1) is 34.9 Å². The zero-order valence-corrected chi connectivity index (χ0v) is 15.9. The molecule has 2 aromatic carbocycles. The van der Waals surface area contributed by atoms with E-state index in [0.29, 0.717) is 16.7 Å². The number of hydrogen-bond acceptors (Lipinski definition) is 6. The van der Waals surface area contributed by atoms with Gasteiger partial charge in [0.2, 0.25) is 5.88 Å². The first-order chi connectivity index (χ1) is 14.6. The second-order valence-electron chi connectivity index (χ2n) is 6.87. The Morgan fingerprint density at radius 2 is 1.97 bits per heavy atom. The highest BCUT2D eigenvalue weighted by atomic mass is 19.1. The van der Waals surface area contributed by atoms with Crippen LogP contribution in [0.15, 0.2) is 67.1 Å². The predicted octanol–water partition coefficient (Wildman–Crippen LogP) is 4.62. The zero-order chi connectivity index (χ0) is 20.7. The van der Waals surface area contributed by atoms with Crippen molar-refractivity contribution in [3.8, 4) is 17.6 Å². The molecule has 0 aliphatic carbocycles. The fraction of sp³-hybridized carbons (Fsp3) is 0.0909. The molecule has 148 valence electrons. The largest absolute Gasteiger partial charge is 0.493 e. The normalized spacial score (nSPS) is 12.3. The number of rotatable bonds is 4. The molecule has 0 saturated heterocycles. The fourth-order valence-electron chi connectivity index (χ4n) is 3.41. The summed E-state index contributed by atoms with van der Waals surface area (Å²) in [7, 11) is 0. The van der Waals surface area contributed by atoms with Gasteiger partial charge in [-0.05, 0) is 48.9 Å². The van der Waals surface area contributed by atoms with Gasteiger partial charge in [0.1, 0.15) is 11.6 Å². The van der Waals surface area contributed by atoms with Gasteiger partial charge in [-0.2, -0.15) is 15.1 Å². The van der Waals surface area contributed by atoms with Gasteiger partial charge < -0.3 is 9.84 Å². The van der Waals surface area contributed by atoms with Crippen LogP contribution < -0.4 is 4.74 Å². The molecule has 0 aliphatic rings. The number of nitrogens with zero attached hydrogens (tertiary/aromatic N) is 5. The lowest BCUT2D eigenvalue weighted by Gasteiger charge is -2.14. The van der Waals surface area contributed by atoms with Crippen molar-refractivity contribution in [3.63, 3.8) is 0 Å². The number of benzene rings is 2. The summed E-state index contributed by atoms with van der Waals surface area (Å²) < 4.78 is 21.2. The van der Waals surface area contributed by atoms with Crippen LogP contribution in [-0.4, -0.2) is 29.8 Å². The molecule has 0 amide bonds. The third-order valence-corrected chi connectivity index (χ3v) is 4.93. The van der Waals surface area contributed by atoms with Crippen LogP contribution in [0.5, 0.6) is 17.6 Å². The number of fused-ring (bicyclic) bond motifs is 2. The molecular weight excluding hydrogens is 385 g/mol. The van der Waals surface area contributed by atoms with Gasteiger partial charge in [0.15, 0.2) is 0 Å². The van der Waals surface area contributed by atoms with E-state index >= 15 is 0 Å². The number of aromatic hydroxyl groups is 1. The summed E-state index contributed by atoms with van der Waals surface area (Å²) >= 11 is 0. The molecule has 1 unspecified atom stereocenters. The van der Waals surface area contributed by atoms with E-state index in [-0.39, 0.29) is 23.7 Å². The number of hydrogen-bond donors (Lipinski definition) is 1. The predicted molar refractivity (Wildman–Crippen MR) is 109 cm³/mol. The van der Waals surface area contributed by atoms with Crippen molar-refractivity contribution in [1.29, 1.82) is 0 Å². The summed E-state index contributed by atoms with van der Waals surface area (Å²) in [6, 6.07) is 13.5. The van der Waals surface area contributed by atoms with Crippen LogP contribution in [-0.2, 0) is 0 Å². The maximum Gasteiger partial charge on any atom is 0.325 e. The smallest absolute Gasteiger partial charge is 0.325 e. The van der Waals surface area contributed by atoms with Crippen molar-refractivity contribution in [2.45, 2.75) is 13.0 Å². The first-order valence-electron chi connectivity index (χ1n) is 9.30. The summed E-state index contributed by atoms with van der Waals surface area (Å²) in [5, 5.41) is 15.9. The van der Waals surface area contributed by atoms with Crippen molar-refractivity contribution in [3.05, 3.63) is 78.5 Å². The lowest BCUT2D eigenvalue weighted by molar-refractivity contribution is 0.412. The fourth-order valence-corrected chi connectivity index (χ4v) is 3.41. The minimum Gasteiger partial charge on any atom is -0.493 e. The monoisotopic (exact) mass is 401 g/mol. The number of ether oxygens (including phenoxy) is 1. The molecule has 7 nitrogen and oxygen atoms in total. The second kappa shape index (κ2) is 7.07. The molecule has 1 N–H and O–H groups in total. The molecule has 5 aromatic rings. The third-order valence-electron chi connectivity index (χ3n) is 4.93. The minimum absolute atomic E-state index is 0.0212. The lowest BCUT2D eigenvalue weighted by Crippen LogP contribution is -2.08. The van der Waals surface area contributed by atoms with Crippen LogP contribution in [0.2, 0.25) is 0 Å². The average molecular weight is 401 g/mol. The molecule has 0 spiro atoms. The van der Waals surface area contributed by atoms with Gasteiger partial charge in [-0.15, -0.1) is 0 Å². The Bertz CT molecular complexity index is 1380. The lowest BCUT2D eigenvalue weighted by atomic mass is 10.1. The van der Waals surface area contributed by atoms with Crippen molar-refractivity contribution in [1.82, 2.24) is 24.7 Å². The third kappa shape index (κ3) is 3.18. The molecule has 0 saturated carbocycles. The molecule has 0 bridgehead atoms. The summed E-state index contributed by atoms with van der Waals surface area (Å²) in [5.74, 6) is 0.0543. The maximum atomic E-state index is 13.6. The van der Waals surface area contributed by atoms with E-state index in [1.165, 1.54) is 18.3 Å². The topological polar surface area (TPSA) is 86.0 Å². The first-order valence-corrected chi connectivity index (χ1v) is 9.30. The van der Waals surface area contributed by atoms with E-state index in [4.69, 9.17) is 4.74 Å². The highest BCUT2D eigenvalue weighted by Gasteiger charge is 2.14. The molecule has 0 fully saturated rings. The Labute approximate surface area is 170 Å². The standard InChI is InChI=1S/C22H16FN5O2/c1-13(14-3-2-4-16(23)9-14)28-20-6-5-17(10-15(20)11-25-28)30-22-26-19-12-24-8-7-18(19)21(29)27-22/h2-13H,1H3,(H,26,27,29). The highest BCUT2D eigenvalue weighted by molar-refractivity contribution is 5.82. The molecule has 1 atom stereocenters. The average Bonchev–Trinajstić information content (AvgIpc) is 3.16. The number of aromatic nitrogens is 5. The Morgan fingerprint density at radius 3 is 2.83 bits per heavy atom. The van der Waals surface area contributed by atoms with E-state index in [0.717, 1.165) is 16.5 Å². The Balaban J connectivity index is 1.47. The van der Waals surface area contributed by atoms with Crippen LogP contribution in [0.25, 0.3) is 21.8 Å². The van der Waals surface area contributed by atoms with Gasteiger partial charge in [-0.3, -0.25) is 9.67 Å². The van der Waals surface area contributed by atoms with Crippen LogP contribution >= 0.6 is 0 Å². The highest BCUT2D eigenvalue weighted by Crippen LogP contribution is 2.29. The van der Waals surface area contributed by atoms with Crippen LogP contribution in [0.4, 0.5) is 4.39 Å². The van der Waals surface area contributed by atoms with Crippen molar-refractivity contribution < 1.29 is 14.2 Å². The second-order valence-corrected chi connectivity index (χ2v) is 6.87. The van der Waals surface area contributed by atoms with Crippen LogP contribution in [0, 0.1) is 5.82 Å². The van der Waals surface area contributed by atoms with Gasteiger partial charge in [-0.25, -0.2) is 4.39 Å². The van der Waals surface area contributed by atoms with Gasteiger partial charge >= 0.3 is 6.01 Å². The van der Waals surface area contributed by atoms with Gasteiger partial charge in [-0.1, -0.05) is 12.1 Å². The summed E-state index contributed by atoms with van der Waals surface area (Å²) in [4.78, 5) is 12.3. The molecular formula is C22H16FN5O2. The van der Waals surface area contributed by atoms with Gasteiger partial charge in [0, 0.05) is 11.6 Å². The van der Waals surface area contributed by atoms with E-state index in [9.17, 15) is 9.50 Å². The van der Waals surface area contributed by atoms with Crippen LogP contribution in [0.3, 0.4) is 0 Å². The Morgan fingerprint density at radius 1 is 1.07 bits per heavy atom. The van der Waals surface area contributed by atoms with Crippen molar-refractivity contribution in [2.75, 3.05) is 0 Å². The number of pyridine rings is 1. The summed E-state index contributed by atoms with van der Waals surface area (Å²) in [5.41, 5.74) is 2.19. The summed E-state index contributed by atoms with van der Waals surface area (Å²) in [6.07, 6.45) is 4.81. The molecule has 30 heavy (non-hydrogen) atoms. The zero-order valence-electron chi connectivity index (χ0n) is 15.9. The molecule has 3 aromatic heterocycles. The molecule has 0 aliphatic heterocycles. The quantitative estimate of drug-likeness (QED) is 0.473. The Kier molecular flexibility index (Phi) is 4.24. The molecule has 5 rings (SSSR count). The molecule has 0 radical (unpaired) electrons. The minimum atomic E-state index is -0.277. The van der Waals surface area contributed by atoms with Gasteiger partial charge in [0.25, 0.3) is 0 Å². The first kappa shape index (κ1) is 18.0. The van der Waals surface area contributed by atoms with E-state index in [1.807, 2.05) is 29.8 Å². The summed E-state index contributed by atoms with van der Waals surface area (Å²) in [6.45, 7) is 1.96. The van der Waals surface area contributed by atoms with E-state index in [1.54, 1.807) is 30.6 Å². The van der Waals surface area contributed by atoms with Crippen LogP contribution in [0.1, 0.15) is 18.5 Å². The van der Waals surface area contributed by atoms with E-state index < -0.39 is 0 Å². The van der Waals surface area contributed by atoms with E-state index in [2.05, 4.69) is 20.1 Å². The molecule has 8 heteroatoms. The molecule has 3 heterocycles. The Hall–Kier alpha value is -4.07. The maximum absolute atomic E-state index is 13.6.